The standard InChI is InChI=1S/C14H17BrN2O4S2/c15-12-3-1-2-10(6-12)13-4-5-21-7-11(13)8-22-14(16)17-9-23(18,19)20/h1-4,6,11H,5,7-9H2,(H2,16,17)(H,18,19,20). The molecule has 0 amide bonds. The Kier molecular flexibility index (Phi) is 6.66. The quantitative estimate of drug-likeness (QED) is 0.430. The largest absolute Gasteiger partial charge is 0.379 e. The van der Waals surface area contributed by atoms with E-state index in [4.69, 9.17) is 15.0 Å². The van der Waals surface area contributed by atoms with Gasteiger partial charge in [0.25, 0.3) is 10.1 Å². The number of halogens is 1. The average Bonchev–Trinajstić information content (AvgIpc) is 2.50. The van der Waals surface area contributed by atoms with Gasteiger partial charge in [0.2, 0.25) is 0 Å². The molecule has 1 atom stereocenters. The second kappa shape index (κ2) is 8.29. The van der Waals surface area contributed by atoms with Crippen molar-refractivity contribution in [3.05, 3.63) is 40.4 Å². The minimum absolute atomic E-state index is 0.127. The zero-order chi connectivity index (χ0) is 16.9. The van der Waals surface area contributed by atoms with Crippen LogP contribution in [0.5, 0.6) is 0 Å². The van der Waals surface area contributed by atoms with E-state index in [1.807, 2.05) is 30.3 Å². The van der Waals surface area contributed by atoms with Crippen LogP contribution in [0.3, 0.4) is 0 Å². The van der Waals surface area contributed by atoms with Gasteiger partial charge in [-0.1, -0.05) is 45.9 Å². The van der Waals surface area contributed by atoms with Crippen LogP contribution in [0.15, 0.2) is 39.8 Å². The molecule has 0 bridgehead atoms. The van der Waals surface area contributed by atoms with Gasteiger partial charge in [-0.3, -0.25) is 4.55 Å². The maximum absolute atomic E-state index is 10.7. The van der Waals surface area contributed by atoms with Crippen LogP contribution >= 0.6 is 27.7 Å². The van der Waals surface area contributed by atoms with Crippen molar-refractivity contribution in [2.45, 2.75) is 0 Å². The van der Waals surface area contributed by atoms with Crippen molar-refractivity contribution in [1.82, 2.24) is 0 Å². The maximum atomic E-state index is 10.7. The fourth-order valence-corrected chi connectivity index (χ4v) is 3.74. The highest BCUT2D eigenvalue weighted by molar-refractivity contribution is 9.10. The van der Waals surface area contributed by atoms with Gasteiger partial charge >= 0.3 is 0 Å². The SMILES string of the molecule is NC(=NCS(=O)(=O)O)SCC1COCC=C1c1cccc(Br)c1. The first-order valence-corrected chi connectivity index (χ1v) is 10.2. The predicted molar refractivity (Wildman–Crippen MR) is 96.9 cm³/mol. The molecule has 0 aliphatic carbocycles. The first-order valence-electron chi connectivity index (χ1n) is 6.77. The van der Waals surface area contributed by atoms with Crippen LogP contribution in [0.2, 0.25) is 0 Å². The molecule has 1 aromatic carbocycles. The molecule has 1 heterocycles. The Morgan fingerprint density at radius 1 is 1.52 bits per heavy atom. The van der Waals surface area contributed by atoms with Crippen molar-refractivity contribution in [2.24, 2.45) is 16.6 Å². The highest BCUT2D eigenvalue weighted by Crippen LogP contribution is 2.30. The van der Waals surface area contributed by atoms with Crippen LogP contribution < -0.4 is 5.73 Å². The maximum Gasteiger partial charge on any atom is 0.285 e. The zero-order valence-electron chi connectivity index (χ0n) is 12.2. The first-order chi connectivity index (χ1) is 10.8. The molecule has 0 saturated carbocycles. The number of aliphatic imine (C=N–C) groups is 1. The molecular weight excluding hydrogens is 404 g/mol. The molecule has 6 nitrogen and oxygen atoms in total. The molecule has 1 aliphatic heterocycles. The fraction of sp³-hybridized carbons (Fsp3) is 0.357. The summed E-state index contributed by atoms with van der Waals surface area (Å²) in [5.74, 6) is 0.0167. The predicted octanol–water partition coefficient (Wildman–Crippen LogP) is 2.37. The second-order valence-electron chi connectivity index (χ2n) is 4.92. The molecule has 0 saturated heterocycles. The summed E-state index contributed by atoms with van der Waals surface area (Å²) in [5.41, 5.74) is 7.96. The number of nitrogens with two attached hydrogens (primary N) is 1. The van der Waals surface area contributed by atoms with Gasteiger partial charge in [-0.25, -0.2) is 4.99 Å². The van der Waals surface area contributed by atoms with Gasteiger partial charge in [-0.2, -0.15) is 8.42 Å². The van der Waals surface area contributed by atoms with E-state index in [0.29, 0.717) is 19.0 Å². The third-order valence-electron chi connectivity index (χ3n) is 3.15. The lowest BCUT2D eigenvalue weighted by atomic mass is 9.93. The van der Waals surface area contributed by atoms with E-state index in [1.165, 1.54) is 17.3 Å². The Morgan fingerprint density at radius 2 is 2.30 bits per heavy atom. The molecule has 0 fully saturated rings. The van der Waals surface area contributed by atoms with E-state index in [-0.39, 0.29) is 11.1 Å². The smallest absolute Gasteiger partial charge is 0.285 e. The number of ether oxygens (including phenoxy) is 1. The highest BCUT2D eigenvalue weighted by Gasteiger charge is 2.20. The van der Waals surface area contributed by atoms with Gasteiger partial charge in [-0.05, 0) is 23.3 Å². The first kappa shape index (κ1) is 18.5. The molecule has 126 valence electrons. The van der Waals surface area contributed by atoms with Crippen molar-refractivity contribution < 1.29 is 17.7 Å². The topological polar surface area (TPSA) is 102 Å². The summed E-state index contributed by atoms with van der Waals surface area (Å²) in [6, 6.07) is 8.02. The summed E-state index contributed by atoms with van der Waals surface area (Å²) in [6.07, 6.45) is 2.04. The van der Waals surface area contributed by atoms with Crippen LogP contribution in [0.25, 0.3) is 5.57 Å². The lowest BCUT2D eigenvalue weighted by Crippen LogP contribution is -2.21. The Labute approximate surface area is 148 Å². The van der Waals surface area contributed by atoms with Crippen molar-refractivity contribution in [1.29, 1.82) is 0 Å². The molecule has 1 aliphatic rings. The van der Waals surface area contributed by atoms with E-state index >= 15 is 0 Å². The normalized spacial score (nSPS) is 19.5. The van der Waals surface area contributed by atoms with Crippen molar-refractivity contribution >= 4 is 48.6 Å². The van der Waals surface area contributed by atoms with Gasteiger partial charge in [0.05, 0.1) is 13.2 Å². The number of hydrogen-bond donors (Lipinski definition) is 2. The Morgan fingerprint density at radius 3 is 3.00 bits per heavy atom. The molecule has 3 N–H and O–H groups in total. The molecular formula is C14H17BrN2O4S2. The molecule has 9 heteroatoms. The molecule has 23 heavy (non-hydrogen) atoms. The second-order valence-corrected chi connectivity index (χ2v) is 8.30. The third-order valence-corrected chi connectivity index (χ3v) is 5.10. The fourth-order valence-electron chi connectivity index (χ4n) is 2.15. The summed E-state index contributed by atoms with van der Waals surface area (Å²) in [4.78, 5) is 3.64. The van der Waals surface area contributed by atoms with E-state index < -0.39 is 16.0 Å². The van der Waals surface area contributed by atoms with Crippen molar-refractivity contribution in [2.75, 3.05) is 24.8 Å². The monoisotopic (exact) mass is 420 g/mol. The molecule has 0 radical (unpaired) electrons. The minimum Gasteiger partial charge on any atom is -0.379 e. The number of nitrogens with zero attached hydrogens (tertiary/aromatic N) is 1. The van der Waals surface area contributed by atoms with Crippen molar-refractivity contribution in [3.63, 3.8) is 0 Å². The number of rotatable bonds is 5. The molecule has 0 spiro atoms. The number of thioether (sulfide) groups is 1. The zero-order valence-corrected chi connectivity index (χ0v) is 15.4. The Bertz CT molecular complexity index is 719. The van der Waals surface area contributed by atoms with E-state index in [9.17, 15) is 8.42 Å². The van der Waals surface area contributed by atoms with Crippen LogP contribution in [-0.4, -0.2) is 43.0 Å². The van der Waals surface area contributed by atoms with Gasteiger partial charge < -0.3 is 10.5 Å². The molecule has 2 rings (SSSR count). The van der Waals surface area contributed by atoms with Gasteiger partial charge in [-0.15, -0.1) is 0 Å². The van der Waals surface area contributed by atoms with Crippen LogP contribution in [-0.2, 0) is 14.9 Å². The average molecular weight is 421 g/mol. The van der Waals surface area contributed by atoms with E-state index in [2.05, 4.69) is 20.9 Å². The summed E-state index contributed by atoms with van der Waals surface area (Å²) < 4.78 is 36.5. The summed E-state index contributed by atoms with van der Waals surface area (Å²) >= 11 is 4.71. The minimum atomic E-state index is -4.14. The summed E-state index contributed by atoms with van der Waals surface area (Å²) in [5, 5.41) is 0.127. The lowest BCUT2D eigenvalue weighted by molar-refractivity contribution is 0.137. The number of amidine groups is 1. The van der Waals surface area contributed by atoms with Crippen LogP contribution in [0, 0.1) is 5.92 Å². The van der Waals surface area contributed by atoms with Gasteiger partial charge in [0.15, 0.2) is 11.0 Å². The van der Waals surface area contributed by atoms with Crippen molar-refractivity contribution in [3.8, 4) is 0 Å². The van der Waals surface area contributed by atoms with Crippen LogP contribution in [0.1, 0.15) is 5.56 Å². The number of benzene rings is 1. The van der Waals surface area contributed by atoms with Crippen LogP contribution in [0.4, 0.5) is 0 Å². The van der Waals surface area contributed by atoms with Gasteiger partial charge in [0, 0.05) is 16.1 Å². The van der Waals surface area contributed by atoms with E-state index in [1.54, 1.807) is 0 Å². The highest BCUT2D eigenvalue weighted by atomic mass is 79.9. The lowest BCUT2D eigenvalue weighted by Gasteiger charge is -2.24. The van der Waals surface area contributed by atoms with E-state index in [0.717, 1.165) is 10.0 Å². The molecule has 0 aromatic heterocycles. The van der Waals surface area contributed by atoms with Gasteiger partial charge in [0.1, 0.15) is 0 Å². The summed E-state index contributed by atoms with van der Waals surface area (Å²) in [7, 11) is -4.14. The molecule has 1 aromatic rings. The third kappa shape index (κ3) is 6.27. The molecule has 1 unspecified atom stereocenters. The summed E-state index contributed by atoms with van der Waals surface area (Å²) in [6.45, 7) is 1.13. The Hall–Kier alpha value is -0.870. The Balaban J connectivity index is 2.03. The number of hydrogen-bond acceptors (Lipinski definition) is 5.